The topological polar surface area (TPSA) is 131 Å². The molecule has 9 heteroatoms. The summed E-state index contributed by atoms with van der Waals surface area (Å²) in [6.45, 7) is 9.20. The summed E-state index contributed by atoms with van der Waals surface area (Å²) in [5, 5.41) is 31.2. The van der Waals surface area contributed by atoms with Crippen molar-refractivity contribution in [1.82, 2.24) is 20.9 Å². The molecule has 1 aliphatic carbocycles. The molecule has 3 amide bonds. The summed E-state index contributed by atoms with van der Waals surface area (Å²) in [6.07, 6.45) is 10.7. The Morgan fingerprint density at radius 3 is 2.28 bits per heavy atom. The summed E-state index contributed by atoms with van der Waals surface area (Å²) in [5.41, 5.74) is 0.916. The number of rotatable bonds is 20. The third-order valence-corrected chi connectivity index (χ3v) is 8.91. The van der Waals surface area contributed by atoms with Crippen LogP contribution in [0.4, 0.5) is 0 Å². The van der Waals surface area contributed by atoms with Crippen molar-refractivity contribution in [2.24, 2.45) is 17.8 Å². The van der Waals surface area contributed by atoms with Gasteiger partial charge >= 0.3 is 0 Å². The number of benzene rings is 1. The second-order valence-electron chi connectivity index (χ2n) is 13.9. The first-order valence-corrected chi connectivity index (χ1v) is 17.3. The minimum atomic E-state index is -1.14. The standard InChI is InChI=1S/C37H60N4O5/c1-7-8-19-31(37(46)40-32(24-29-17-13-10-14-18-29)35(44)33(42)22-26(2)3)39-36(45)30(23-28-15-11-9-12-16-28)25-34(43)41(6)21-20-38-27(4)5/h1,9,11-12,15-16,26-27,29-33,35,38,42,44H,8,10,13-14,17-25H2,2-6H3,(H,39,45)(H,40,46)/t30-,31+,32+,33+,35-/m1/s1. The van der Waals surface area contributed by atoms with Gasteiger partial charge in [-0.05, 0) is 43.1 Å². The Kier molecular flexibility index (Phi) is 18.0. The van der Waals surface area contributed by atoms with Gasteiger partial charge in [-0.1, -0.05) is 90.1 Å². The fourth-order valence-corrected chi connectivity index (χ4v) is 6.19. The number of hydrogen-bond donors (Lipinski definition) is 5. The molecular weight excluding hydrogens is 580 g/mol. The van der Waals surface area contributed by atoms with Crippen molar-refractivity contribution in [3.8, 4) is 12.3 Å². The number of carbonyl (C=O) groups is 3. The molecule has 5 N–H and O–H groups in total. The Bertz CT molecular complexity index is 1080. The molecule has 0 saturated heterocycles. The van der Waals surface area contributed by atoms with Gasteiger partial charge in [-0.3, -0.25) is 14.4 Å². The van der Waals surface area contributed by atoms with E-state index in [0.29, 0.717) is 44.3 Å². The number of nitrogens with zero attached hydrogens (tertiary/aromatic N) is 1. The van der Waals surface area contributed by atoms with Gasteiger partial charge in [-0.2, -0.15) is 0 Å². The van der Waals surface area contributed by atoms with Crippen LogP contribution in [0.2, 0.25) is 0 Å². The van der Waals surface area contributed by atoms with Gasteiger partial charge < -0.3 is 31.1 Å². The van der Waals surface area contributed by atoms with E-state index in [1.165, 1.54) is 6.42 Å². The van der Waals surface area contributed by atoms with Crippen LogP contribution in [0.5, 0.6) is 0 Å². The minimum Gasteiger partial charge on any atom is -0.390 e. The Labute approximate surface area is 277 Å². The third-order valence-electron chi connectivity index (χ3n) is 8.91. The molecule has 1 aliphatic rings. The molecule has 0 unspecified atom stereocenters. The van der Waals surface area contributed by atoms with E-state index in [1.54, 1.807) is 11.9 Å². The van der Waals surface area contributed by atoms with Crippen LogP contribution in [-0.4, -0.2) is 83.3 Å². The molecule has 5 atom stereocenters. The van der Waals surface area contributed by atoms with Gasteiger partial charge in [0.15, 0.2) is 0 Å². The summed E-state index contributed by atoms with van der Waals surface area (Å²) >= 11 is 0. The molecule has 1 aromatic rings. The zero-order chi connectivity index (χ0) is 34.1. The Balaban J connectivity index is 2.23. The molecule has 0 aliphatic heterocycles. The Hall–Kier alpha value is -2.93. The average Bonchev–Trinajstić information content (AvgIpc) is 3.02. The van der Waals surface area contributed by atoms with Gasteiger partial charge in [0.25, 0.3) is 0 Å². The number of aliphatic hydroxyl groups is 2. The van der Waals surface area contributed by atoms with Crippen LogP contribution in [0.1, 0.15) is 97.5 Å². The maximum Gasteiger partial charge on any atom is 0.242 e. The Morgan fingerprint density at radius 1 is 1.00 bits per heavy atom. The van der Waals surface area contributed by atoms with Crippen molar-refractivity contribution < 1.29 is 24.6 Å². The highest BCUT2D eigenvalue weighted by atomic mass is 16.3. The molecule has 258 valence electrons. The first-order chi connectivity index (χ1) is 21.9. The fraction of sp³-hybridized carbons (Fsp3) is 0.703. The SMILES string of the molecule is C#CCC[C@H](NC(=O)[C@@H](CC(=O)N(C)CCNC(C)C)Cc1ccccc1)C(=O)N[C@@H](CC1CCCCC1)[C@@H](O)[C@@H](O)CC(C)C. The second-order valence-corrected chi connectivity index (χ2v) is 13.9. The first-order valence-electron chi connectivity index (χ1n) is 17.3. The van der Waals surface area contributed by atoms with Crippen molar-refractivity contribution in [2.45, 2.75) is 129 Å². The number of hydrogen-bond acceptors (Lipinski definition) is 6. The number of terminal acetylenes is 1. The average molecular weight is 641 g/mol. The van der Waals surface area contributed by atoms with Crippen LogP contribution in [0.15, 0.2) is 30.3 Å². The van der Waals surface area contributed by atoms with E-state index in [-0.39, 0.29) is 31.1 Å². The van der Waals surface area contributed by atoms with Crippen molar-refractivity contribution in [1.29, 1.82) is 0 Å². The number of carbonyl (C=O) groups excluding carboxylic acids is 3. The number of nitrogens with one attached hydrogen (secondary N) is 3. The molecule has 0 aromatic heterocycles. The minimum absolute atomic E-state index is 0.00715. The van der Waals surface area contributed by atoms with Crippen molar-refractivity contribution >= 4 is 17.7 Å². The third kappa shape index (κ3) is 14.7. The highest BCUT2D eigenvalue weighted by Crippen LogP contribution is 2.29. The summed E-state index contributed by atoms with van der Waals surface area (Å²) in [7, 11) is 1.73. The van der Waals surface area contributed by atoms with Gasteiger partial charge in [0, 0.05) is 39.0 Å². The molecule has 9 nitrogen and oxygen atoms in total. The summed E-state index contributed by atoms with van der Waals surface area (Å²) in [6, 6.07) is 8.21. The van der Waals surface area contributed by atoms with E-state index in [4.69, 9.17) is 6.42 Å². The maximum atomic E-state index is 13.8. The van der Waals surface area contributed by atoms with Crippen molar-refractivity contribution in [3.05, 3.63) is 35.9 Å². The van der Waals surface area contributed by atoms with Gasteiger partial charge in [-0.25, -0.2) is 0 Å². The van der Waals surface area contributed by atoms with Crippen LogP contribution in [0.3, 0.4) is 0 Å². The quantitative estimate of drug-likeness (QED) is 0.138. The lowest BCUT2D eigenvalue weighted by molar-refractivity contribution is -0.137. The monoisotopic (exact) mass is 640 g/mol. The lowest BCUT2D eigenvalue weighted by Gasteiger charge is -2.34. The van der Waals surface area contributed by atoms with E-state index < -0.39 is 42.0 Å². The van der Waals surface area contributed by atoms with Crippen LogP contribution in [-0.2, 0) is 20.8 Å². The molecule has 46 heavy (non-hydrogen) atoms. The summed E-state index contributed by atoms with van der Waals surface area (Å²) in [5.74, 6) is 1.39. The van der Waals surface area contributed by atoms with Gasteiger partial charge in [-0.15, -0.1) is 12.3 Å². The lowest BCUT2D eigenvalue weighted by atomic mass is 9.82. The van der Waals surface area contributed by atoms with Gasteiger partial charge in [0.05, 0.1) is 18.1 Å². The fourth-order valence-electron chi connectivity index (χ4n) is 6.19. The number of aliphatic hydroxyl groups excluding tert-OH is 2. The van der Waals surface area contributed by atoms with Crippen LogP contribution in [0.25, 0.3) is 0 Å². The summed E-state index contributed by atoms with van der Waals surface area (Å²) < 4.78 is 0. The number of likely N-dealkylation sites (N-methyl/N-ethyl adjacent to an activating group) is 1. The molecule has 1 saturated carbocycles. The van der Waals surface area contributed by atoms with E-state index in [2.05, 4.69) is 21.9 Å². The molecule has 2 rings (SSSR count). The van der Waals surface area contributed by atoms with Crippen LogP contribution >= 0.6 is 0 Å². The van der Waals surface area contributed by atoms with Gasteiger partial charge in [0.1, 0.15) is 12.1 Å². The van der Waals surface area contributed by atoms with E-state index in [1.807, 2.05) is 58.0 Å². The second kappa shape index (κ2) is 21.0. The predicted molar refractivity (Wildman–Crippen MR) is 184 cm³/mol. The molecular formula is C37H60N4O5. The summed E-state index contributed by atoms with van der Waals surface area (Å²) in [4.78, 5) is 42.5. The highest BCUT2D eigenvalue weighted by Gasteiger charge is 2.34. The first kappa shape index (κ1) is 39.2. The number of amides is 3. The zero-order valence-corrected chi connectivity index (χ0v) is 28.8. The molecule has 0 heterocycles. The van der Waals surface area contributed by atoms with Crippen molar-refractivity contribution in [2.75, 3.05) is 20.1 Å². The zero-order valence-electron chi connectivity index (χ0n) is 28.8. The van der Waals surface area contributed by atoms with Gasteiger partial charge in [0.2, 0.25) is 17.7 Å². The highest BCUT2D eigenvalue weighted by molar-refractivity contribution is 5.91. The maximum absolute atomic E-state index is 13.8. The molecule has 0 spiro atoms. The lowest BCUT2D eigenvalue weighted by Crippen LogP contribution is -2.56. The molecule has 0 bridgehead atoms. The van der Waals surface area contributed by atoms with E-state index >= 15 is 0 Å². The smallest absolute Gasteiger partial charge is 0.242 e. The molecule has 1 aromatic carbocycles. The van der Waals surface area contributed by atoms with E-state index in [0.717, 1.165) is 31.2 Å². The van der Waals surface area contributed by atoms with Crippen molar-refractivity contribution in [3.63, 3.8) is 0 Å². The van der Waals surface area contributed by atoms with E-state index in [9.17, 15) is 24.6 Å². The Morgan fingerprint density at radius 2 is 1.67 bits per heavy atom. The van der Waals surface area contributed by atoms with Crippen LogP contribution in [0, 0.1) is 30.1 Å². The van der Waals surface area contributed by atoms with Crippen LogP contribution < -0.4 is 16.0 Å². The normalized spacial score (nSPS) is 17.0. The largest absolute Gasteiger partial charge is 0.390 e. The molecule has 0 radical (unpaired) electrons. The predicted octanol–water partition coefficient (Wildman–Crippen LogP) is 3.81. The molecule has 1 fully saturated rings.